The molecule has 2 nitrogen and oxygen atoms in total. The Balaban J connectivity index is 2.31. The van der Waals surface area contributed by atoms with Crippen LogP contribution in [0.1, 0.15) is 18.1 Å². The van der Waals surface area contributed by atoms with Gasteiger partial charge in [-0.2, -0.15) is 0 Å². The van der Waals surface area contributed by atoms with Crippen LogP contribution in [-0.2, 0) is 4.79 Å². The minimum absolute atomic E-state index is 0.354. The molecule has 0 aliphatic carbocycles. The van der Waals surface area contributed by atoms with E-state index in [0.717, 1.165) is 11.1 Å². The molecule has 0 amide bonds. The first kappa shape index (κ1) is 14.4. The molecule has 0 aliphatic heterocycles. The van der Waals surface area contributed by atoms with E-state index in [1.807, 2.05) is 30.4 Å². The Labute approximate surface area is 124 Å². The first-order valence-electron chi connectivity index (χ1n) is 6.07. The van der Waals surface area contributed by atoms with Crippen molar-refractivity contribution in [3.05, 3.63) is 58.6 Å². The predicted molar refractivity (Wildman–Crippen MR) is 83.5 cm³/mol. The van der Waals surface area contributed by atoms with E-state index >= 15 is 0 Å². The standard InChI is InChI=1S/C16H12BClO2/c1-11(19)20-16-5-3-2-4-12(16)6-7-13-10-14(18)8-9-15(13)17/h2-10H,1H3/b7-6+. The van der Waals surface area contributed by atoms with Crippen LogP contribution in [0.2, 0.25) is 5.02 Å². The number of esters is 1. The maximum Gasteiger partial charge on any atom is 0.308 e. The lowest BCUT2D eigenvalue weighted by Gasteiger charge is -2.05. The maximum atomic E-state index is 11.1. The van der Waals surface area contributed by atoms with Crippen LogP contribution in [0.3, 0.4) is 0 Å². The third-order valence-corrected chi connectivity index (χ3v) is 2.90. The van der Waals surface area contributed by atoms with Crippen LogP contribution in [0.5, 0.6) is 5.75 Å². The normalized spacial score (nSPS) is 10.7. The molecule has 0 atom stereocenters. The summed E-state index contributed by atoms with van der Waals surface area (Å²) in [5.74, 6) is 0.157. The van der Waals surface area contributed by atoms with Crippen molar-refractivity contribution in [2.45, 2.75) is 6.92 Å². The lowest BCUT2D eigenvalue weighted by atomic mass is 9.90. The third kappa shape index (κ3) is 3.75. The first-order valence-corrected chi connectivity index (χ1v) is 6.44. The van der Waals surface area contributed by atoms with Crippen LogP contribution in [0.25, 0.3) is 12.2 Å². The SMILES string of the molecule is [B]c1ccc(Cl)cc1/C=C/c1ccccc1OC(C)=O. The average Bonchev–Trinajstić information content (AvgIpc) is 2.41. The fraction of sp³-hybridized carbons (Fsp3) is 0.0625. The molecule has 98 valence electrons. The van der Waals surface area contributed by atoms with Gasteiger partial charge >= 0.3 is 5.97 Å². The molecule has 2 aromatic carbocycles. The van der Waals surface area contributed by atoms with Crippen LogP contribution >= 0.6 is 11.6 Å². The van der Waals surface area contributed by atoms with Crippen LogP contribution in [-0.4, -0.2) is 13.8 Å². The Kier molecular flexibility index (Phi) is 4.64. The molecule has 0 saturated heterocycles. The van der Waals surface area contributed by atoms with Crippen molar-refractivity contribution < 1.29 is 9.53 Å². The molecule has 4 heteroatoms. The highest BCUT2D eigenvalue weighted by Crippen LogP contribution is 2.21. The summed E-state index contributed by atoms with van der Waals surface area (Å²) in [6.07, 6.45) is 3.67. The van der Waals surface area contributed by atoms with E-state index in [1.54, 1.807) is 24.3 Å². The Morgan fingerprint density at radius 2 is 1.85 bits per heavy atom. The fourth-order valence-electron chi connectivity index (χ4n) is 1.74. The molecule has 0 fully saturated rings. The molecule has 2 aromatic rings. The molecule has 0 aromatic heterocycles. The van der Waals surface area contributed by atoms with Gasteiger partial charge in [0.2, 0.25) is 0 Å². The molecule has 0 unspecified atom stereocenters. The van der Waals surface area contributed by atoms with Gasteiger partial charge in [-0.3, -0.25) is 4.79 Å². The predicted octanol–water partition coefficient (Wildman–Crippen LogP) is 3.23. The number of ether oxygens (including phenoxy) is 1. The molecule has 0 heterocycles. The Morgan fingerprint density at radius 1 is 1.15 bits per heavy atom. The average molecular weight is 283 g/mol. The van der Waals surface area contributed by atoms with Crippen LogP contribution in [0.15, 0.2) is 42.5 Å². The lowest BCUT2D eigenvalue weighted by Crippen LogP contribution is -2.05. The number of hydrogen-bond donors (Lipinski definition) is 0. The summed E-state index contributed by atoms with van der Waals surface area (Å²) in [6, 6.07) is 12.5. The highest BCUT2D eigenvalue weighted by molar-refractivity contribution is 6.36. The van der Waals surface area contributed by atoms with Crippen molar-refractivity contribution in [1.82, 2.24) is 0 Å². The smallest absolute Gasteiger partial charge is 0.308 e. The van der Waals surface area contributed by atoms with Gasteiger partial charge in [0.15, 0.2) is 0 Å². The first-order chi connectivity index (χ1) is 9.56. The van der Waals surface area contributed by atoms with Gasteiger partial charge in [0.05, 0.1) is 0 Å². The molecule has 2 radical (unpaired) electrons. The summed E-state index contributed by atoms with van der Waals surface area (Å²) >= 11 is 5.94. The molecular formula is C16H12BClO2. The molecule has 2 rings (SSSR count). The van der Waals surface area contributed by atoms with E-state index < -0.39 is 0 Å². The summed E-state index contributed by atoms with van der Waals surface area (Å²) in [5.41, 5.74) is 2.24. The number of carbonyl (C=O) groups is 1. The number of rotatable bonds is 3. The van der Waals surface area contributed by atoms with Gasteiger partial charge in [-0.05, 0) is 23.8 Å². The minimum atomic E-state index is -0.354. The summed E-state index contributed by atoms with van der Waals surface area (Å²) in [7, 11) is 5.88. The van der Waals surface area contributed by atoms with E-state index in [1.165, 1.54) is 6.92 Å². The second kappa shape index (κ2) is 6.44. The highest BCUT2D eigenvalue weighted by Gasteiger charge is 2.03. The molecule has 0 bridgehead atoms. The monoisotopic (exact) mass is 282 g/mol. The zero-order chi connectivity index (χ0) is 14.5. The molecule has 0 spiro atoms. The van der Waals surface area contributed by atoms with E-state index in [2.05, 4.69) is 0 Å². The second-order valence-corrected chi connectivity index (χ2v) is 4.67. The van der Waals surface area contributed by atoms with E-state index in [0.29, 0.717) is 16.2 Å². The molecule has 0 N–H and O–H groups in total. The summed E-state index contributed by atoms with van der Waals surface area (Å²) in [5, 5.41) is 0.618. The second-order valence-electron chi connectivity index (χ2n) is 4.24. The van der Waals surface area contributed by atoms with Crippen LogP contribution in [0.4, 0.5) is 0 Å². The summed E-state index contributed by atoms with van der Waals surface area (Å²) in [4.78, 5) is 11.1. The fourth-order valence-corrected chi connectivity index (χ4v) is 1.92. The van der Waals surface area contributed by atoms with Gasteiger partial charge in [-0.25, -0.2) is 0 Å². The number of para-hydroxylation sites is 1. The topological polar surface area (TPSA) is 26.3 Å². The maximum absolute atomic E-state index is 11.1. The van der Waals surface area contributed by atoms with Crippen LogP contribution < -0.4 is 10.2 Å². The van der Waals surface area contributed by atoms with Gasteiger partial charge in [-0.1, -0.05) is 53.5 Å². The highest BCUT2D eigenvalue weighted by atomic mass is 35.5. The van der Waals surface area contributed by atoms with Crippen molar-refractivity contribution >= 4 is 43.0 Å². The summed E-state index contributed by atoms with van der Waals surface area (Å²) < 4.78 is 5.14. The van der Waals surface area contributed by atoms with E-state index in [-0.39, 0.29) is 5.97 Å². The zero-order valence-corrected chi connectivity index (χ0v) is 11.7. The van der Waals surface area contributed by atoms with Crippen molar-refractivity contribution in [3.63, 3.8) is 0 Å². The molecular weight excluding hydrogens is 270 g/mol. The quantitative estimate of drug-likeness (QED) is 0.374. The van der Waals surface area contributed by atoms with Crippen molar-refractivity contribution in [2.75, 3.05) is 0 Å². The van der Waals surface area contributed by atoms with Crippen molar-refractivity contribution in [1.29, 1.82) is 0 Å². The number of carbonyl (C=O) groups excluding carboxylic acids is 1. The molecule has 0 saturated carbocycles. The van der Waals surface area contributed by atoms with Gasteiger partial charge in [0, 0.05) is 17.5 Å². The van der Waals surface area contributed by atoms with Crippen molar-refractivity contribution in [3.8, 4) is 5.75 Å². The molecule has 0 aliphatic rings. The Hall–Kier alpha value is -2.00. The Bertz CT molecular complexity index is 665. The van der Waals surface area contributed by atoms with Gasteiger partial charge in [-0.15, -0.1) is 0 Å². The number of benzene rings is 2. The van der Waals surface area contributed by atoms with Crippen LogP contribution in [0, 0.1) is 0 Å². The van der Waals surface area contributed by atoms with Gasteiger partial charge in [0.25, 0.3) is 0 Å². The van der Waals surface area contributed by atoms with E-state index in [9.17, 15) is 4.79 Å². The Morgan fingerprint density at radius 3 is 2.60 bits per heavy atom. The molecule has 20 heavy (non-hydrogen) atoms. The number of hydrogen-bond acceptors (Lipinski definition) is 2. The third-order valence-electron chi connectivity index (χ3n) is 2.66. The lowest BCUT2D eigenvalue weighted by molar-refractivity contribution is -0.131. The number of halogens is 1. The summed E-state index contributed by atoms with van der Waals surface area (Å²) in [6.45, 7) is 1.37. The van der Waals surface area contributed by atoms with Gasteiger partial charge in [0.1, 0.15) is 13.6 Å². The van der Waals surface area contributed by atoms with Crippen molar-refractivity contribution in [2.24, 2.45) is 0 Å². The largest absolute Gasteiger partial charge is 0.426 e. The zero-order valence-electron chi connectivity index (χ0n) is 11.0. The minimum Gasteiger partial charge on any atom is -0.426 e. The van der Waals surface area contributed by atoms with E-state index in [4.69, 9.17) is 24.2 Å². The van der Waals surface area contributed by atoms with Gasteiger partial charge < -0.3 is 4.74 Å².